The van der Waals surface area contributed by atoms with Crippen LogP contribution in [0.25, 0.3) is 0 Å². The molecule has 2 fully saturated rings. The first-order valence-electron chi connectivity index (χ1n) is 4.02. The third-order valence-corrected chi connectivity index (χ3v) is 2.17. The maximum atomic E-state index is 3.40. The van der Waals surface area contributed by atoms with E-state index in [4.69, 9.17) is 0 Å². The number of nitrogens with one attached hydrogen (secondary N) is 2. The Hall–Kier alpha value is -0.120. The molecule has 2 N–H and O–H groups in total. The lowest BCUT2D eigenvalue weighted by molar-refractivity contribution is 0.184. The SMILES string of the molecule is C1CN[C]2CNCCN2C1. The molecule has 2 aliphatic heterocycles. The van der Waals surface area contributed by atoms with Gasteiger partial charge in [-0.2, -0.15) is 0 Å². The smallest absolute Gasteiger partial charge is 0.118 e. The fourth-order valence-electron chi connectivity index (χ4n) is 1.59. The average Bonchev–Trinajstić information content (AvgIpc) is 2.05. The van der Waals surface area contributed by atoms with Crippen LogP contribution in [-0.2, 0) is 0 Å². The van der Waals surface area contributed by atoms with E-state index in [1.807, 2.05) is 0 Å². The molecule has 0 aliphatic carbocycles. The van der Waals surface area contributed by atoms with Crippen LogP contribution in [0.5, 0.6) is 0 Å². The van der Waals surface area contributed by atoms with E-state index in [1.54, 1.807) is 0 Å². The van der Waals surface area contributed by atoms with Crippen molar-refractivity contribution in [3.63, 3.8) is 0 Å². The highest BCUT2D eigenvalue weighted by molar-refractivity contribution is 4.95. The van der Waals surface area contributed by atoms with Crippen molar-refractivity contribution in [3.05, 3.63) is 6.17 Å². The molecule has 1 radical (unpaired) electrons. The summed E-state index contributed by atoms with van der Waals surface area (Å²) in [6.45, 7) is 5.78. The summed E-state index contributed by atoms with van der Waals surface area (Å²) in [6.07, 6.45) is 2.70. The highest BCUT2D eigenvalue weighted by Gasteiger charge is 2.24. The van der Waals surface area contributed by atoms with Gasteiger partial charge in [0.05, 0.1) is 0 Å². The molecule has 3 heteroatoms. The largest absolute Gasteiger partial charge is 0.312 e. The van der Waals surface area contributed by atoms with Gasteiger partial charge >= 0.3 is 0 Å². The lowest BCUT2D eigenvalue weighted by Gasteiger charge is -2.38. The van der Waals surface area contributed by atoms with Gasteiger partial charge in [-0.05, 0) is 13.0 Å². The normalized spacial score (nSPS) is 30.0. The fraction of sp³-hybridized carbons (Fsp3) is 0.857. The number of rotatable bonds is 0. The summed E-state index contributed by atoms with van der Waals surface area (Å²) in [5.74, 6) is 0. The summed E-state index contributed by atoms with van der Waals surface area (Å²) in [4.78, 5) is 2.44. The van der Waals surface area contributed by atoms with Crippen LogP contribution in [0.1, 0.15) is 6.42 Å². The van der Waals surface area contributed by atoms with E-state index in [-0.39, 0.29) is 0 Å². The minimum absolute atomic E-state index is 1.04. The van der Waals surface area contributed by atoms with Crippen LogP contribution >= 0.6 is 0 Å². The van der Waals surface area contributed by atoms with Crippen molar-refractivity contribution in [1.82, 2.24) is 15.5 Å². The highest BCUT2D eigenvalue weighted by atomic mass is 15.3. The van der Waals surface area contributed by atoms with Gasteiger partial charge in [-0.15, -0.1) is 0 Å². The summed E-state index contributed by atoms with van der Waals surface area (Å²) >= 11 is 0. The Kier molecular flexibility index (Phi) is 1.88. The van der Waals surface area contributed by atoms with Crippen molar-refractivity contribution in [2.75, 3.05) is 32.7 Å². The van der Waals surface area contributed by atoms with Crippen molar-refractivity contribution in [2.24, 2.45) is 0 Å². The fourth-order valence-corrected chi connectivity index (χ4v) is 1.59. The van der Waals surface area contributed by atoms with Gasteiger partial charge in [-0.3, -0.25) is 10.2 Å². The third kappa shape index (κ3) is 1.17. The summed E-state index contributed by atoms with van der Waals surface area (Å²) in [7, 11) is 0. The van der Waals surface area contributed by atoms with Gasteiger partial charge in [-0.25, -0.2) is 0 Å². The number of piperazine rings is 1. The number of fused-ring (bicyclic) bond motifs is 1. The molecule has 0 atom stereocenters. The zero-order chi connectivity index (χ0) is 6.81. The molecule has 2 aliphatic rings. The minimum atomic E-state index is 1.04. The molecular weight excluding hydrogens is 126 g/mol. The third-order valence-electron chi connectivity index (χ3n) is 2.17. The Labute approximate surface area is 61.8 Å². The van der Waals surface area contributed by atoms with Crippen LogP contribution in [0.3, 0.4) is 0 Å². The molecule has 2 rings (SSSR count). The Morgan fingerprint density at radius 1 is 1.20 bits per heavy atom. The van der Waals surface area contributed by atoms with Crippen molar-refractivity contribution >= 4 is 0 Å². The minimum Gasteiger partial charge on any atom is -0.312 e. The Morgan fingerprint density at radius 3 is 3.10 bits per heavy atom. The van der Waals surface area contributed by atoms with E-state index in [0.717, 1.165) is 19.6 Å². The standard InChI is InChI=1S/C7H14N3/c1-2-9-7-6-8-3-5-10(7)4-1/h8-9H,1-6H2. The van der Waals surface area contributed by atoms with Gasteiger partial charge in [0, 0.05) is 26.2 Å². The van der Waals surface area contributed by atoms with E-state index < -0.39 is 0 Å². The van der Waals surface area contributed by atoms with E-state index >= 15 is 0 Å². The molecular formula is C7H14N3. The quantitative estimate of drug-likeness (QED) is 0.469. The molecule has 2 heterocycles. The summed E-state index contributed by atoms with van der Waals surface area (Å²) in [5, 5.41) is 6.74. The lowest BCUT2D eigenvalue weighted by Crippen LogP contribution is -2.55. The number of nitrogens with zero attached hydrogens (tertiary/aromatic N) is 1. The zero-order valence-electron chi connectivity index (χ0n) is 6.19. The van der Waals surface area contributed by atoms with E-state index in [0.29, 0.717) is 0 Å². The first-order chi connectivity index (χ1) is 4.97. The maximum absolute atomic E-state index is 3.40. The van der Waals surface area contributed by atoms with E-state index in [9.17, 15) is 0 Å². The van der Waals surface area contributed by atoms with Crippen LogP contribution < -0.4 is 10.6 Å². The summed E-state index contributed by atoms with van der Waals surface area (Å²) < 4.78 is 0. The average molecular weight is 140 g/mol. The van der Waals surface area contributed by atoms with Crippen molar-refractivity contribution in [2.45, 2.75) is 6.42 Å². The van der Waals surface area contributed by atoms with Gasteiger partial charge in [0.25, 0.3) is 0 Å². The zero-order valence-corrected chi connectivity index (χ0v) is 6.19. The van der Waals surface area contributed by atoms with Crippen LogP contribution in [0.4, 0.5) is 0 Å². The molecule has 0 unspecified atom stereocenters. The van der Waals surface area contributed by atoms with Crippen molar-refractivity contribution in [1.29, 1.82) is 0 Å². The monoisotopic (exact) mass is 140 g/mol. The Morgan fingerprint density at radius 2 is 2.20 bits per heavy atom. The van der Waals surface area contributed by atoms with Crippen molar-refractivity contribution in [3.8, 4) is 0 Å². The predicted molar refractivity (Wildman–Crippen MR) is 40.3 cm³/mol. The molecule has 10 heavy (non-hydrogen) atoms. The molecule has 3 nitrogen and oxygen atoms in total. The molecule has 0 spiro atoms. The number of hydrogen-bond acceptors (Lipinski definition) is 3. The van der Waals surface area contributed by atoms with Crippen LogP contribution in [-0.4, -0.2) is 37.6 Å². The second kappa shape index (κ2) is 2.86. The molecule has 0 aromatic carbocycles. The predicted octanol–water partition coefficient (Wildman–Crippen LogP) is -0.626. The number of hydrogen-bond donors (Lipinski definition) is 2. The highest BCUT2D eigenvalue weighted by Crippen LogP contribution is 2.11. The molecule has 0 saturated carbocycles. The van der Waals surface area contributed by atoms with Gasteiger partial charge in [0.2, 0.25) is 0 Å². The summed E-state index contributed by atoms with van der Waals surface area (Å²) in [6, 6.07) is 0. The molecule has 2 saturated heterocycles. The Bertz CT molecular complexity index is 89.4. The van der Waals surface area contributed by atoms with Crippen LogP contribution in [0.15, 0.2) is 0 Å². The second-order valence-electron chi connectivity index (χ2n) is 2.89. The first-order valence-corrected chi connectivity index (χ1v) is 4.02. The molecule has 0 aromatic heterocycles. The second-order valence-corrected chi connectivity index (χ2v) is 2.89. The van der Waals surface area contributed by atoms with Crippen LogP contribution in [0.2, 0.25) is 0 Å². The van der Waals surface area contributed by atoms with Crippen molar-refractivity contribution < 1.29 is 0 Å². The van der Waals surface area contributed by atoms with Crippen LogP contribution in [0, 0.1) is 6.17 Å². The molecule has 57 valence electrons. The topological polar surface area (TPSA) is 27.3 Å². The van der Waals surface area contributed by atoms with Gasteiger partial charge < -0.3 is 5.32 Å². The van der Waals surface area contributed by atoms with E-state index in [1.165, 1.54) is 25.7 Å². The van der Waals surface area contributed by atoms with E-state index in [2.05, 4.69) is 15.5 Å². The van der Waals surface area contributed by atoms with Gasteiger partial charge in [-0.1, -0.05) is 0 Å². The van der Waals surface area contributed by atoms with Gasteiger partial charge in [0.15, 0.2) is 0 Å². The lowest BCUT2D eigenvalue weighted by atomic mass is 10.2. The first kappa shape index (κ1) is 6.58. The molecule has 0 amide bonds. The Balaban J connectivity index is 1.93. The van der Waals surface area contributed by atoms with Gasteiger partial charge in [0.1, 0.15) is 6.17 Å². The maximum Gasteiger partial charge on any atom is 0.118 e. The summed E-state index contributed by atoms with van der Waals surface area (Å²) in [5.41, 5.74) is 0. The molecule has 0 bridgehead atoms. The molecule has 0 aromatic rings.